The number of para-hydroxylation sites is 2. The quantitative estimate of drug-likeness (QED) is 0.847. The molecule has 0 unspecified atom stereocenters. The summed E-state index contributed by atoms with van der Waals surface area (Å²) in [6.07, 6.45) is 1.25. The Morgan fingerprint density at radius 3 is 2.92 bits per heavy atom. The van der Waals surface area contributed by atoms with Crippen LogP contribution in [0.25, 0.3) is 11.0 Å². The van der Waals surface area contributed by atoms with Crippen molar-refractivity contribution >= 4 is 17.1 Å². The van der Waals surface area contributed by atoms with Crippen molar-refractivity contribution in [1.29, 1.82) is 0 Å². The molecule has 1 aromatic heterocycles. The molecule has 25 heavy (non-hydrogen) atoms. The fourth-order valence-electron chi connectivity index (χ4n) is 3.67. The Morgan fingerprint density at radius 2 is 2.16 bits per heavy atom. The van der Waals surface area contributed by atoms with E-state index in [-0.39, 0.29) is 12.1 Å². The van der Waals surface area contributed by atoms with Crippen molar-refractivity contribution in [2.24, 2.45) is 11.8 Å². The Morgan fingerprint density at radius 1 is 1.36 bits per heavy atom. The summed E-state index contributed by atoms with van der Waals surface area (Å²) in [5.41, 5.74) is 2.06. The van der Waals surface area contributed by atoms with Gasteiger partial charge in [-0.25, -0.2) is 9.78 Å². The topological polar surface area (TPSA) is 68.2 Å². The first kappa shape index (κ1) is 17.7. The van der Waals surface area contributed by atoms with Gasteiger partial charge in [0.25, 0.3) is 0 Å². The second-order valence-electron chi connectivity index (χ2n) is 6.95. The van der Waals surface area contributed by atoms with Crippen LogP contribution in [-0.2, 0) is 17.8 Å². The van der Waals surface area contributed by atoms with Gasteiger partial charge in [-0.05, 0) is 31.4 Å². The maximum absolute atomic E-state index is 12.2. The number of amides is 2. The SMILES string of the molecule is CCn1c(CNC(=O)NC[C@H]2CCO[C@H]2C(C)C)nc2ccccc21. The molecule has 1 aromatic carbocycles. The number of aromatic nitrogens is 2. The molecule has 0 aliphatic carbocycles. The number of carbonyl (C=O) groups excluding carboxylic acids is 1. The molecule has 2 aromatic rings. The summed E-state index contributed by atoms with van der Waals surface area (Å²) in [6, 6.07) is 7.89. The summed E-state index contributed by atoms with van der Waals surface area (Å²) in [5.74, 6) is 1.75. The van der Waals surface area contributed by atoms with Crippen molar-refractivity contribution < 1.29 is 9.53 Å². The van der Waals surface area contributed by atoms with Crippen LogP contribution in [0, 0.1) is 11.8 Å². The number of nitrogens with zero attached hydrogens (tertiary/aromatic N) is 2. The van der Waals surface area contributed by atoms with Crippen molar-refractivity contribution in [1.82, 2.24) is 20.2 Å². The highest BCUT2D eigenvalue weighted by atomic mass is 16.5. The first-order valence-corrected chi connectivity index (χ1v) is 9.17. The van der Waals surface area contributed by atoms with Crippen molar-refractivity contribution in [2.45, 2.75) is 46.4 Å². The van der Waals surface area contributed by atoms with E-state index in [1.54, 1.807) is 0 Å². The average Bonchev–Trinajstić information content (AvgIpc) is 3.21. The van der Waals surface area contributed by atoms with Gasteiger partial charge in [0.1, 0.15) is 5.82 Å². The van der Waals surface area contributed by atoms with Crippen molar-refractivity contribution in [3.05, 3.63) is 30.1 Å². The van der Waals surface area contributed by atoms with Crippen LogP contribution in [0.2, 0.25) is 0 Å². The van der Waals surface area contributed by atoms with Crippen LogP contribution in [0.15, 0.2) is 24.3 Å². The normalized spacial score (nSPS) is 20.3. The molecule has 6 heteroatoms. The lowest BCUT2D eigenvalue weighted by Gasteiger charge is -2.22. The molecule has 1 aliphatic heterocycles. The van der Waals surface area contributed by atoms with E-state index in [0.29, 0.717) is 24.9 Å². The molecule has 3 rings (SSSR count). The zero-order valence-corrected chi connectivity index (χ0v) is 15.3. The third-order valence-electron chi connectivity index (χ3n) is 4.90. The number of imidazole rings is 1. The lowest BCUT2D eigenvalue weighted by atomic mass is 9.93. The monoisotopic (exact) mass is 344 g/mol. The Balaban J connectivity index is 1.54. The lowest BCUT2D eigenvalue weighted by Crippen LogP contribution is -2.40. The highest BCUT2D eigenvalue weighted by Gasteiger charge is 2.30. The molecule has 2 amide bonds. The van der Waals surface area contributed by atoms with Gasteiger partial charge in [-0.2, -0.15) is 0 Å². The smallest absolute Gasteiger partial charge is 0.315 e. The van der Waals surface area contributed by atoms with Gasteiger partial charge in [0.15, 0.2) is 0 Å². The first-order valence-electron chi connectivity index (χ1n) is 9.17. The van der Waals surface area contributed by atoms with Gasteiger partial charge in [0.05, 0.1) is 23.7 Å². The highest BCUT2D eigenvalue weighted by molar-refractivity contribution is 5.76. The number of fused-ring (bicyclic) bond motifs is 1. The highest BCUT2D eigenvalue weighted by Crippen LogP contribution is 2.26. The summed E-state index contributed by atoms with van der Waals surface area (Å²) < 4.78 is 7.90. The number of rotatable bonds is 6. The maximum Gasteiger partial charge on any atom is 0.315 e. The lowest BCUT2D eigenvalue weighted by molar-refractivity contribution is 0.0545. The Kier molecular flexibility index (Phi) is 5.58. The van der Waals surface area contributed by atoms with Crippen LogP contribution >= 0.6 is 0 Å². The number of ether oxygens (including phenoxy) is 1. The van der Waals surface area contributed by atoms with Gasteiger partial charge in [-0.1, -0.05) is 26.0 Å². The van der Waals surface area contributed by atoms with Crippen LogP contribution in [0.5, 0.6) is 0 Å². The third kappa shape index (κ3) is 3.95. The van der Waals surface area contributed by atoms with Gasteiger partial charge in [-0.15, -0.1) is 0 Å². The first-order chi connectivity index (χ1) is 12.1. The van der Waals surface area contributed by atoms with Crippen molar-refractivity contribution in [2.75, 3.05) is 13.2 Å². The molecule has 2 N–H and O–H groups in total. The number of hydrogen-bond acceptors (Lipinski definition) is 3. The minimum Gasteiger partial charge on any atom is -0.378 e. The van der Waals surface area contributed by atoms with Crippen molar-refractivity contribution in [3.8, 4) is 0 Å². The van der Waals surface area contributed by atoms with Crippen LogP contribution in [0.3, 0.4) is 0 Å². The summed E-state index contributed by atoms with van der Waals surface area (Å²) in [4.78, 5) is 16.8. The number of aryl methyl sites for hydroxylation is 1. The number of nitrogens with one attached hydrogen (secondary N) is 2. The second-order valence-corrected chi connectivity index (χ2v) is 6.95. The summed E-state index contributed by atoms with van der Waals surface area (Å²) in [6.45, 7) is 9.11. The molecule has 6 nitrogen and oxygen atoms in total. The average molecular weight is 344 g/mol. The van der Waals surface area contributed by atoms with Gasteiger partial charge in [0, 0.05) is 25.6 Å². The predicted molar refractivity (Wildman–Crippen MR) is 98.3 cm³/mol. The van der Waals surface area contributed by atoms with E-state index in [2.05, 4.69) is 47.0 Å². The zero-order valence-electron chi connectivity index (χ0n) is 15.3. The van der Waals surface area contributed by atoms with Crippen LogP contribution in [0.4, 0.5) is 4.79 Å². The van der Waals surface area contributed by atoms with E-state index < -0.39 is 0 Å². The molecule has 0 radical (unpaired) electrons. The van der Waals surface area contributed by atoms with E-state index in [9.17, 15) is 4.79 Å². The molecule has 1 saturated heterocycles. The van der Waals surface area contributed by atoms with E-state index in [0.717, 1.165) is 36.4 Å². The molecule has 0 spiro atoms. The third-order valence-corrected chi connectivity index (χ3v) is 4.90. The maximum atomic E-state index is 12.2. The molecule has 1 fully saturated rings. The Bertz CT molecular complexity index is 725. The predicted octanol–water partition coefficient (Wildman–Crippen LogP) is 2.92. The standard InChI is InChI=1S/C19H28N4O2/c1-4-23-16-8-6-5-7-15(16)22-17(23)12-21-19(24)20-11-14-9-10-25-18(14)13(2)3/h5-8,13-14,18H,4,9-12H2,1-3H3,(H2,20,21,24)/t14-,18+/m1/s1. The fourth-order valence-corrected chi connectivity index (χ4v) is 3.67. The number of hydrogen-bond donors (Lipinski definition) is 2. The zero-order chi connectivity index (χ0) is 17.8. The summed E-state index contributed by atoms with van der Waals surface area (Å²) in [7, 11) is 0. The minimum absolute atomic E-state index is 0.149. The number of urea groups is 1. The molecule has 1 aliphatic rings. The van der Waals surface area contributed by atoms with Crippen LogP contribution in [-0.4, -0.2) is 34.8 Å². The molecule has 0 bridgehead atoms. The molecular weight excluding hydrogens is 316 g/mol. The van der Waals surface area contributed by atoms with Gasteiger partial charge in [-0.3, -0.25) is 0 Å². The summed E-state index contributed by atoms with van der Waals surface area (Å²) >= 11 is 0. The van der Waals surface area contributed by atoms with Crippen LogP contribution < -0.4 is 10.6 Å². The molecule has 0 saturated carbocycles. The molecule has 2 atom stereocenters. The molecule has 136 valence electrons. The van der Waals surface area contributed by atoms with Crippen LogP contribution in [0.1, 0.15) is 33.0 Å². The van der Waals surface area contributed by atoms with E-state index >= 15 is 0 Å². The Labute approximate surface area is 149 Å². The molecular formula is C19H28N4O2. The van der Waals surface area contributed by atoms with Gasteiger partial charge < -0.3 is 19.9 Å². The van der Waals surface area contributed by atoms with E-state index in [1.807, 2.05) is 18.2 Å². The van der Waals surface area contributed by atoms with Crippen molar-refractivity contribution in [3.63, 3.8) is 0 Å². The van der Waals surface area contributed by atoms with E-state index in [1.165, 1.54) is 0 Å². The number of benzene rings is 1. The largest absolute Gasteiger partial charge is 0.378 e. The van der Waals surface area contributed by atoms with Gasteiger partial charge >= 0.3 is 6.03 Å². The van der Waals surface area contributed by atoms with Gasteiger partial charge in [0.2, 0.25) is 0 Å². The fraction of sp³-hybridized carbons (Fsp3) is 0.579. The number of carbonyl (C=O) groups is 1. The minimum atomic E-state index is -0.149. The Hall–Kier alpha value is -2.08. The van der Waals surface area contributed by atoms with E-state index in [4.69, 9.17) is 4.74 Å². The molecule has 2 heterocycles. The summed E-state index contributed by atoms with van der Waals surface area (Å²) in [5, 5.41) is 5.91. The second kappa shape index (κ2) is 7.87.